The number of benzene rings is 2. The standard InChI is InChI=1S/C14H12BrN3O2S/c1-9-16-13-6-5-11(8-14(13)17-9)18-21(19,20)12-4-2-3-10(15)7-12/h2-8,18H,1H3,(H,16,17). The lowest BCUT2D eigenvalue weighted by Crippen LogP contribution is -2.12. The molecule has 2 N–H and O–H groups in total. The quantitative estimate of drug-likeness (QED) is 0.746. The first kappa shape index (κ1) is 14.1. The van der Waals surface area contributed by atoms with E-state index in [1.807, 2.05) is 6.92 Å². The molecule has 0 spiro atoms. The van der Waals surface area contributed by atoms with E-state index in [2.05, 4.69) is 30.6 Å². The van der Waals surface area contributed by atoms with Crippen LogP contribution in [0.5, 0.6) is 0 Å². The highest BCUT2D eigenvalue weighted by molar-refractivity contribution is 9.10. The maximum atomic E-state index is 12.3. The number of H-pyrrole nitrogens is 1. The van der Waals surface area contributed by atoms with Gasteiger partial charge in [0, 0.05) is 4.47 Å². The summed E-state index contributed by atoms with van der Waals surface area (Å²) in [5.74, 6) is 0.789. The van der Waals surface area contributed by atoms with Crippen molar-refractivity contribution in [2.24, 2.45) is 0 Å². The summed E-state index contributed by atoms with van der Waals surface area (Å²) in [4.78, 5) is 7.57. The first-order valence-electron chi connectivity index (χ1n) is 6.19. The molecule has 1 aromatic heterocycles. The largest absolute Gasteiger partial charge is 0.342 e. The van der Waals surface area contributed by atoms with Crippen molar-refractivity contribution in [1.29, 1.82) is 0 Å². The Balaban J connectivity index is 1.96. The first-order chi connectivity index (χ1) is 9.94. The molecule has 0 fully saturated rings. The Labute approximate surface area is 130 Å². The lowest BCUT2D eigenvalue weighted by Gasteiger charge is -2.08. The Morgan fingerprint density at radius 1 is 1.19 bits per heavy atom. The van der Waals surface area contributed by atoms with E-state index >= 15 is 0 Å². The molecule has 0 radical (unpaired) electrons. The van der Waals surface area contributed by atoms with E-state index in [0.29, 0.717) is 10.2 Å². The van der Waals surface area contributed by atoms with Gasteiger partial charge in [-0.05, 0) is 43.3 Å². The summed E-state index contributed by atoms with van der Waals surface area (Å²) in [6.07, 6.45) is 0. The molecule has 0 saturated heterocycles. The van der Waals surface area contributed by atoms with Gasteiger partial charge >= 0.3 is 0 Å². The summed E-state index contributed by atoms with van der Waals surface area (Å²) in [6, 6.07) is 11.8. The van der Waals surface area contributed by atoms with Crippen molar-refractivity contribution >= 4 is 42.7 Å². The lowest BCUT2D eigenvalue weighted by atomic mass is 10.3. The summed E-state index contributed by atoms with van der Waals surface area (Å²) in [5, 5.41) is 0. The molecule has 1 heterocycles. The molecular weight excluding hydrogens is 354 g/mol. The van der Waals surface area contributed by atoms with Crippen LogP contribution in [0.3, 0.4) is 0 Å². The number of hydrogen-bond donors (Lipinski definition) is 2. The zero-order chi connectivity index (χ0) is 15.0. The second-order valence-electron chi connectivity index (χ2n) is 4.62. The van der Waals surface area contributed by atoms with Crippen LogP contribution in [-0.2, 0) is 10.0 Å². The molecule has 0 amide bonds. The Morgan fingerprint density at radius 3 is 2.76 bits per heavy atom. The molecule has 0 aliphatic carbocycles. The fourth-order valence-electron chi connectivity index (χ4n) is 2.05. The molecule has 7 heteroatoms. The van der Waals surface area contributed by atoms with E-state index in [-0.39, 0.29) is 4.90 Å². The molecule has 0 atom stereocenters. The highest BCUT2D eigenvalue weighted by Gasteiger charge is 2.14. The summed E-state index contributed by atoms with van der Waals surface area (Å²) in [5.41, 5.74) is 2.09. The van der Waals surface area contributed by atoms with E-state index < -0.39 is 10.0 Å². The van der Waals surface area contributed by atoms with Crippen LogP contribution >= 0.6 is 15.9 Å². The van der Waals surface area contributed by atoms with Crippen molar-refractivity contribution in [1.82, 2.24) is 9.97 Å². The van der Waals surface area contributed by atoms with E-state index in [1.54, 1.807) is 42.5 Å². The van der Waals surface area contributed by atoms with Gasteiger partial charge in [0.25, 0.3) is 10.0 Å². The fourth-order valence-corrected chi connectivity index (χ4v) is 3.69. The van der Waals surface area contributed by atoms with Gasteiger partial charge in [-0.3, -0.25) is 4.72 Å². The maximum absolute atomic E-state index is 12.3. The summed E-state index contributed by atoms with van der Waals surface area (Å²) in [7, 11) is -3.61. The normalized spacial score (nSPS) is 11.7. The van der Waals surface area contributed by atoms with E-state index in [0.717, 1.165) is 16.9 Å². The first-order valence-corrected chi connectivity index (χ1v) is 8.46. The minimum absolute atomic E-state index is 0.206. The van der Waals surface area contributed by atoms with Gasteiger partial charge in [0.1, 0.15) is 5.82 Å². The Hall–Kier alpha value is -1.86. The smallest absolute Gasteiger partial charge is 0.261 e. The number of aromatic nitrogens is 2. The molecule has 0 saturated carbocycles. The van der Waals surface area contributed by atoms with Crippen LogP contribution in [0.4, 0.5) is 5.69 Å². The molecule has 0 aliphatic rings. The molecule has 3 aromatic rings. The van der Waals surface area contributed by atoms with Crippen LogP contribution < -0.4 is 4.72 Å². The van der Waals surface area contributed by atoms with Crippen molar-refractivity contribution in [3.05, 3.63) is 52.8 Å². The van der Waals surface area contributed by atoms with Crippen molar-refractivity contribution in [2.75, 3.05) is 4.72 Å². The molecular formula is C14H12BrN3O2S. The Morgan fingerprint density at radius 2 is 2.00 bits per heavy atom. The van der Waals surface area contributed by atoms with Gasteiger partial charge in [0.15, 0.2) is 0 Å². The minimum atomic E-state index is -3.61. The average Bonchev–Trinajstić information content (AvgIpc) is 2.77. The zero-order valence-electron chi connectivity index (χ0n) is 11.1. The van der Waals surface area contributed by atoms with Gasteiger partial charge in [0.2, 0.25) is 0 Å². The topological polar surface area (TPSA) is 74.8 Å². The Kier molecular flexibility index (Phi) is 3.46. The second-order valence-corrected chi connectivity index (χ2v) is 7.22. The van der Waals surface area contributed by atoms with Crippen molar-refractivity contribution < 1.29 is 8.42 Å². The molecule has 0 unspecified atom stereocenters. The van der Waals surface area contributed by atoms with Crippen molar-refractivity contribution in [3.63, 3.8) is 0 Å². The zero-order valence-corrected chi connectivity index (χ0v) is 13.5. The number of rotatable bonds is 3. The number of halogens is 1. The fraction of sp³-hybridized carbons (Fsp3) is 0.0714. The number of nitrogens with one attached hydrogen (secondary N) is 2. The predicted octanol–water partition coefficient (Wildman–Crippen LogP) is 3.43. The van der Waals surface area contributed by atoms with Crippen molar-refractivity contribution in [3.8, 4) is 0 Å². The third kappa shape index (κ3) is 2.93. The Bertz CT molecular complexity index is 919. The molecule has 5 nitrogen and oxygen atoms in total. The van der Waals surface area contributed by atoms with Gasteiger partial charge in [-0.15, -0.1) is 0 Å². The van der Waals surface area contributed by atoms with Gasteiger partial charge in [0.05, 0.1) is 21.6 Å². The number of hydrogen-bond acceptors (Lipinski definition) is 3. The van der Waals surface area contributed by atoms with Crippen LogP contribution in [0, 0.1) is 6.92 Å². The summed E-state index contributed by atoms with van der Waals surface area (Å²) in [6.45, 7) is 1.85. The average molecular weight is 366 g/mol. The molecule has 3 rings (SSSR count). The van der Waals surface area contributed by atoms with Gasteiger partial charge in [-0.25, -0.2) is 13.4 Å². The van der Waals surface area contributed by atoms with E-state index in [1.165, 1.54) is 0 Å². The van der Waals surface area contributed by atoms with Crippen LogP contribution in [0.1, 0.15) is 5.82 Å². The predicted molar refractivity (Wildman–Crippen MR) is 85.8 cm³/mol. The number of fused-ring (bicyclic) bond motifs is 1. The number of aryl methyl sites for hydroxylation is 1. The third-order valence-corrected chi connectivity index (χ3v) is 4.83. The number of nitrogens with zero attached hydrogens (tertiary/aromatic N) is 1. The molecule has 21 heavy (non-hydrogen) atoms. The number of anilines is 1. The SMILES string of the molecule is Cc1nc2ccc(NS(=O)(=O)c3cccc(Br)c3)cc2[nH]1. The second kappa shape index (κ2) is 5.16. The lowest BCUT2D eigenvalue weighted by molar-refractivity contribution is 0.601. The van der Waals surface area contributed by atoms with Gasteiger partial charge < -0.3 is 4.98 Å². The number of aromatic amines is 1. The third-order valence-electron chi connectivity index (χ3n) is 2.96. The molecule has 0 aliphatic heterocycles. The minimum Gasteiger partial charge on any atom is -0.342 e. The highest BCUT2D eigenvalue weighted by atomic mass is 79.9. The molecule has 0 bridgehead atoms. The van der Waals surface area contributed by atoms with Crippen LogP contribution in [0.25, 0.3) is 11.0 Å². The molecule has 108 valence electrons. The monoisotopic (exact) mass is 365 g/mol. The van der Waals surface area contributed by atoms with Crippen LogP contribution in [0.15, 0.2) is 51.8 Å². The van der Waals surface area contributed by atoms with E-state index in [4.69, 9.17) is 0 Å². The summed E-state index contributed by atoms with van der Waals surface area (Å²) >= 11 is 3.27. The number of imidazole rings is 1. The van der Waals surface area contributed by atoms with Crippen LogP contribution in [0.2, 0.25) is 0 Å². The van der Waals surface area contributed by atoms with Crippen LogP contribution in [-0.4, -0.2) is 18.4 Å². The molecule has 2 aromatic carbocycles. The van der Waals surface area contributed by atoms with Gasteiger partial charge in [-0.1, -0.05) is 22.0 Å². The van der Waals surface area contributed by atoms with Gasteiger partial charge in [-0.2, -0.15) is 0 Å². The maximum Gasteiger partial charge on any atom is 0.261 e. The highest BCUT2D eigenvalue weighted by Crippen LogP contribution is 2.22. The van der Waals surface area contributed by atoms with Crippen molar-refractivity contribution in [2.45, 2.75) is 11.8 Å². The summed E-state index contributed by atoms with van der Waals surface area (Å²) < 4.78 is 28.0. The number of sulfonamides is 1. The van der Waals surface area contributed by atoms with E-state index in [9.17, 15) is 8.42 Å².